The van der Waals surface area contributed by atoms with Crippen LogP contribution in [0.25, 0.3) is 11.0 Å². The molecule has 1 aromatic carbocycles. The maximum Gasteiger partial charge on any atom is 0.178 e. The first-order valence-corrected chi connectivity index (χ1v) is 6.74. The van der Waals surface area contributed by atoms with E-state index in [9.17, 15) is 0 Å². The van der Waals surface area contributed by atoms with E-state index in [0.717, 1.165) is 27.5 Å². The number of aromatic nitrogens is 2. The molecule has 1 fully saturated rings. The number of hydrogen-bond donors (Lipinski definition) is 1. The summed E-state index contributed by atoms with van der Waals surface area (Å²) in [6.07, 6.45) is 2.59. The van der Waals surface area contributed by atoms with Gasteiger partial charge in [0.1, 0.15) is 11.3 Å². The van der Waals surface area contributed by atoms with Crippen molar-refractivity contribution in [3.63, 3.8) is 0 Å². The quantitative estimate of drug-likeness (QED) is 0.851. The summed E-state index contributed by atoms with van der Waals surface area (Å²) in [5, 5.41) is 0. The predicted octanol–water partition coefficient (Wildman–Crippen LogP) is 3.85. The molecular formula is C14H18N2OS. The highest BCUT2D eigenvalue weighted by Crippen LogP contribution is 2.45. The van der Waals surface area contributed by atoms with Gasteiger partial charge in [-0.25, -0.2) is 0 Å². The van der Waals surface area contributed by atoms with Crippen molar-refractivity contribution in [3.05, 3.63) is 23.0 Å². The molecule has 1 aliphatic carbocycles. The number of nitrogens with one attached hydrogen (secondary N) is 1. The van der Waals surface area contributed by atoms with E-state index in [1.807, 2.05) is 12.1 Å². The van der Waals surface area contributed by atoms with Crippen LogP contribution in [-0.2, 0) is 5.54 Å². The number of fused-ring (bicyclic) bond motifs is 1. The Morgan fingerprint density at radius 1 is 1.39 bits per heavy atom. The summed E-state index contributed by atoms with van der Waals surface area (Å²) in [5.41, 5.74) is 2.21. The summed E-state index contributed by atoms with van der Waals surface area (Å²) in [5.74, 6) is 1.58. The van der Waals surface area contributed by atoms with Crippen LogP contribution in [-0.4, -0.2) is 16.7 Å². The number of nitrogens with zero attached hydrogens (tertiary/aromatic N) is 1. The molecule has 2 aromatic rings. The molecule has 1 N–H and O–H groups in total. The molecule has 0 bridgehead atoms. The van der Waals surface area contributed by atoms with E-state index in [2.05, 4.69) is 29.5 Å². The molecule has 1 heterocycles. The van der Waals surface area contributed by atoms with E-state index in [1.54, 1.807) is 7.11 Å². The molecule has 0 amide bonds. The van der Waals surface area contributed by atoms with Gasteiger partial charge in [0.15, 0.2) is 4.77 Å². The highest BCUT2D eigenvalue weighted by molar-refractivity contribution is 7.71. The van der Waals surface area contributed by atoms with E-state index < -0.39 is 0 Å². The molecule has 0 aliphatic heterocycles. The minimum absolute atomic E-state index is 0.0711. The van der Waals surface area contributed by atoms with Gasteiger partial charge in [0.05, 0.1) is 12.6 Å². The van der Waals surface area contributed by atoms with E-state index in [1.165, 1.54) is 12.8 Å². The molecule has 0 atom stereocenters. The van der Waals surface area contributed by atoms with Crippen LogP contribution in [0, 0.1) is 10.7 Å². The lowest BCUT2D eigenvalue weighted by Gasteiger charge is -2.27. The van der Waals surface area contributed by atoms with E-state index in [-0.39, 0.29) is 5.54 Å². The van der Waals surface area contributed by atoms with Gasteiger partial charge in [-0.3, -0.25) is 0 Å². The minimum atomic E-state index is 0.0711. The molecule has 0 spiro atoms. The van der Waals surface area contributed by atoms with Gasteiger partial charge in [0.2, 0.25) is 0 Å². The van der Waals surface area contributed by atoms with Crippen molar-refractivity contribution < 1.29 is 4.74 Å². The normalized spacial score (nSPS) is 16.2. The maximum atomic E-state index is 5.51. The second-order valence-electron chi connectivity index (χ2n) is 5.55. The lowest BCUT2D eigenvalue weighted by Crippen LogP contribution is -2.28. The van der Waals surface area contributed by atoms with Crippen molar-refractivity contribution in [2.75, 3.05) is 7.11 Å². The lowest BCUT2D eigenvalue weighted by atomic mass is 9.98. The Morgan fingerprint density at radius 2 is 2.11 bits per heavy atom. The van der Waals surface area contributed by atoms with E-state index in [0.29, 0.717) is 0 Å². The Labute approximate surface area is 112 Å². The van der Waals surface area contributed by atoms with Gasteiger partial charge in [-0.2, -0.15) is 0 Å². The number of methoxy groups -OCH3 is 1. The summed E-state index contributed by atoms with van der Waals surface area (Å²) in [4.78, 5) is 3.29. The zero-order chi connectivity index (χ0) is 12.9. The third-order valence-electron chi connectivity index (χ3n) is 4.05. The van der Waals surface area contributed by atoms with Crippen LogP contribution >= 0.6 is 12.2 Å². The highest BCUT2D eigenvalue weighted by atomic mass is 32.1. The van der Waals surface area contributed by atoms with Crippen molar-refractivity contribution in [2.24, 2.45) is 5.92 Å². The van der Waals surface area contributed by atoms with Crippen molar-refractivity contribution in [1.82, 2.24) is 9.55 Å². The molecule has 0 radical (unpaired) electrons. The molecule has 18 heavy (non-hydrogen) atoms. The summed E-state index contributed by atoms with van der Waals surface area (Å²) in [7, 11) is 1.69. The molecule has 4 heteroatoms. The number of benzene rings is 1. The Kier molecular flexibility index (Phi) is 2.52. The fraction of sp³-hybridized carbons (Fsp3) is 0.500. The van der Waals surface area contributed by atoms with Gasteiger partial charge in [0.25, 0.3) is 0 Å². The molecule has 1 saturated carbocycles. The average Bonchev–Trinajstić information content (AvgIpc) is 3.11. The van der Waals surface area contributed by atoms with Gasteiger partial charge < -0.3 is 14.3 Å². The van der Waals surface area contributed by atoms with E-state index in [4.69, 9.17) is 17.0 Å². The molecule has 96 valence electrons. The minimum Gasteiger partial charge on any atom is -0.494 e. The molecular weight excluding hydrogens is 244 g/mol. The zero-order valence-electron chi connectivity index (χ0n) is 11.0. The number of para-hydroxylation sites is 1. The standard InChI is InChI=1S/C14H18N2OS/c1-14(2,9-7-8-9)16-10-5-4-6-11(17-3)12(10)15-13(16)18/h4-6,9H,7-8H2,1-3H3,(H,15,18). The largest absolute Gasteiger partial charge is 0.494 e. The van der Waals surface area contributed by atoms with Crippen molar-refractivity contribution in [3.8, 4) is 5.75 Å². The van der Waals surface area contributed by atoms with Crippen LogP contribution in [0.3, 0.4) is 0 Å². The highest BCUT2D eigenvalue weighted by Gasteiger charge is 2.40. The van der Waals surface area contributed by atoms with Crippen LogP contribution in [0.5, 0.6) is 5.75 Å². The van der Waals surface area contributed by atoms with Gasteiger partial charge >= 0.3 is 0 Å². The van der Waals surface area contributed by atoms with Gasteiger partial charge in [-0.05, 0) is 57.0 Å². The third kappa shape index (κ3) is 1.59. The summed E-state index contributed by atoms with van der Waals surface area (Å²) < 4.78 is 8.43. The van der Waals surface area contributed by atoms with E-state index >= 15 is 0 Å². The number of hydrogen-bond acceptors (Lipinski definition) is 2. The van der Waals surface area contributed by atoms with Crippen LogP contribution in [0.15, 0.2) is 18.2 Å². The SMILES string of the molecule is COc1cccc2c1[nH]c(=S)n2C(C)(C)C1CC1. The topological polar surface area (TPSA) is 29.9 Å². The Bertz CT molecular complexity index is 649. The molecule has 3 nitrogen and oxygen atoms in total. The van der Waals surface area contributed by atoms with Crippen molar-refractivity contribution in [1.29, 1.82) is 0 Å². The summed E-state index contributed by atoms with van der Waals surface area (Å²) in [6, 6.07) is 6.08. The third-order valence-corrected chi connectivity index (χ3v) is 4.34. The number of rotatable bonds is 3. The second kappa shape index (κ2) is 3.85. The first-order valence-electron chi connectivity index (χ1n) is 6.34. The van der Waals surface area contributed by atoms with Crippen LogP contribution in [0.4, 0.5) is 0 Å². The molecule has 0 unspecified atom stereocenters. The molecule has 0 saturated heterocycles. The van der Waals surface area contributed by atoms with Gasteiger partial charge in [0, 0.05) is 5.54 Å². The number of ether oxygens (including phenoxy) is 1. The first kappa shape index (κ1) is 11.8. The summed E-state index contributed by atoms with van der Waals surface area (Å²) in [6.45, 7) is 4.54. The van der Waals surface area contributed by atoms with Gasteiger partial charge in [-0.15, -0.1) is 0 Å². The van der Waals surface area contributed by atoms with Crippen LogP contribution in [0.1, 0.15) is 26.7 Å². The number of H-pyrrole nitrogens is 1. The van der Waals surface area contributed by atoms with Crippen molar-refractivity contribution in [2.45, 2.75) is 32.2 Å². The van der Waals surface area contributed by atoms with Crippen molar-refractivity contribution >= 4 is 23.3 Å². The predicted molar refractivity (Wildman–Crippen MR) is 75.7 cm³/mol. The second-order valence-corrected chi connectivity index (χ2v) is 5.93. The molecule has 3 rings (SSSR count). The lowest BCUT2D eigenvalue weighted by molar-refractivity contribution is 0.310. The molecule has 1 aromatic heterocycles. The molecule has 1 aliphatic rings. The number of aromatic amines is 1. The summed E-state index contributed by atoms with van der Waals surface area (Å²) >= 11 is 5.51. The number of imidazole rings is 1. The Hall–Kier alpha value is -1.29. The smallest absolute Gasteiger partial charge is 0.178 e. The van der Waals surface area contributed by atoms with Crippen LogP contribution in [0.2, 0.25) is 0 Å². The fourth-order valence-electron chi connectivity index (χ4n) is 2.82. The van der Waals surface area contributed by atoms with Crippen LogP contribution < -0.4 is 4.74 Å². The Morgan fingerprint density at radius 3 is 2.72 bits per heavy atom. The Balaban J connectivity index is 2.29. The first-order chi connectivity index (χ1) is 8.55. The monoisotopic (exact) mass is 262 g/mol. The fourth-order valence-corrected chi connectivity index (χ4v) is 3.25. The maximum absolute atomic E-state index is 5.51. The average molecular weight is 262 g/mol. The zero-order valence-corrected chi connectivity index (χ0v) is 11.8. The van der Waals surface area contributed by atoms with Gasteiger partial charge in [-0.1, -0.05) is 6.07 Å².